The summed E-state index contributed by atoms with van der Waals surface area (Å²) in [5, 5.41) is 11.0. The lowest BCUT2D eigenvalue weighted by Crippen LogP contribution is -2.41. The maximum Gasteiger partial charge on any atom is 0.256 e. The molecule has 0 aromatic heterocycles. The van der Waals surface area contributed by atoms with Crippen molar-refractivity contribution in [3.63, 3.8) is 0 Å². The van der Waals surface area contributed by atoms with Crippen molar-refractivity contribution in [2.24, 2.45) is 5.92 Å². The molecule has 0 radical (unpaired) electrons. The maximum absolute atomic E-state index is 12.3. The third kappa shape index (κ3) is 4.33. The Labute approximate surface area is 134 Å². The number of ether oxygens (including phenoxy) is 1. The quantitative estimate of drug-likeness (QED) is 0.922. The van der Waals surface area contributed by atoms with Gasteiger partial charge in [0, 0.05) is 36.9 Å². The monoisotopic (exact) mass is 331 g/mol. The smallest absolute Gasteiger partial charge is 0.256 e. The average Bonchev–Trinajstić information content (AvgIpc) is 2.46. The second-order valence-corrected chi connectivity index (χ2v) is 6.20. The standard InChI is InChI=1S/C15H19Cl2NO3/c1-21-9-10-2-4-18(5-3-10)15(20)14(19)11-6-12(16)8-13(17)7-11/h6-8,10,14,19H,2-5,9H2,1H3. The first-order chi connectivity index (χ1) is 10.0. The summed E-state index contributed by atoms with van der Waals surface area (Å²) in [6.07, 6.45) is 0.561. The summed E-state index contributed by atoms with van der Waals surface area (Å²) in [5.74, 6) is 0.181. The van der Waals surface area contributed by atoms with Gasteiger partial charge in [-0.1, -0.05) is 23.2 Å². The number of aliphatic hydroxyl groups excluding tert-OH is 1. The van der Waals surface area contributed by atoms with E-state index in [1.165, 1.54) is 0 Å². The number of rotatable bonds is 4. The molecule has 1 fully saturated rings. The molecule has 0 saturated carbocycles. The largest absolute Gasteiger partial charge is 0.384 e. The van der Waals surface area contributed by atoms with E-state index in [1.807, 2.05) is 0 Å². The van der Waals surface area contributed by atoms with Crippen molar-refractivity contribution < 1.29 is 14.6 Å². The molecule has 0 aliphatic carbocycles. The van der Waals surface area contributed by atoms with Crippen LogP contribution in [0.15, 0.2) is 18.2 Å². The Kier molecular flexibility index (Phi) is 5.88. The summed E-state index contributed by atoms with van der Waals surface area (Å²) in [5.41, 5.74) is 0.427. The highest BCUT2D eigenvalue weighted by molar-refractivity contribution is 6.34. The van der Waals surface area contributed by atoms with Gasteiger partial charge in [-0.25, -0.2) is 0 Å². The second kappa shape index (κ2) is 7.45. The molecule has 1 aliphatic heterocycles. The number of piperidine rings is 1. The molecular weight excluding hydrogens is 313 g/mol. The summed E-state index contributed by atoms with van der Waals surface area (Å²) in [4.78, 5) is 14.0. The van der Waals surface area contributed by atoms with Gasteiger partial charge >= 0.3 is 0 Å². The van der Waals surface area contributed by atoms with E-state index < -0.39 is 6.10 Å². The molecule has 1 heterocycles. The molecule has 116 valence electrons. The molecule has 0 spiro atoms. The number of likely N-dealkylation sites (tertiary alicyclic amines) is 1. The number of hydrogen-bond donors (Lipinski definition) is 1. The predicted octanol–water partition coefficient (Wildman–Crippen LogP) is 2.91. The molecule has 1 unspecified atom stereocenters. The van der Waals surface area contributed by atoms with Crippen LogP contribution in [0.2, 0.25) is 10.0 Å². The number of halogens is 2. The average molecular weight is 332 g/mol. The number of benzene rings is 1. The van der Waals surface area contributed by atoms with E-state index in [1.54, 1.807) is 30.2 Å². The SMILES string of the molecule is COCC1CCN(C(=O)C(O)c2cc(Cl)cc(Cl)c2)CC1. The van der Waals surface area contributed by atoms with Crippen LogP contribution in [0.3, 0.4) is 0 Å². The fourth-order valence-corrected chi connectivity index (χ4v) is 3.15. The normalized spacial score (nSPS) is 17.8. The molecule has 1 N–H and O–H groups in total. The Hall–Kier alpha value is -0.810. The molecule has 0 bridgehead atoms. The Morgan fingerprint density at radius 3 is 2.43 bits per heavy atom. The van der Waals surface area contributed by atoms with Crippen molar-refractivity contribution in [1.82, 2.24) is 4.90 Å². The summed E-state index contributed by atoms with van der Waals surface area (Å²) < 4.78 is 5.14. The minimum absolute atomic E-state index is 0.302. The van der Waals surface area contributed by atoms with Gasteiger partial charge in [-0.2, -0.15) is 0 Å². The van der Waals surface area contributed by atoms with Crippen molar-refractivity contribution in [1.29, 1.82) is 0 Å². The minimum Gasteiger partial charge on any atom is -0.384 e. The van der Waals surface area contributed by atoms with E-state index in [-0.39, 0.29) is 5.91 Å². The Morgan fingerprint density at radius 2 is 1.90 bits per heavy atom. The fraction of sp³-hybridized carbons (Fsp3) is 0.533. The molecule has 6 heteroatoms. The number of methoxy groups -OCH3 is 1. The summed E-state index contributed by atoms with van der Waals surface area (Å²) in [7, 11) is 1.68. The van der Waals surface area contributed by atoms with E-state index in [9.17, 15) is 9.90 Å². The zero-order valence-electron chi connectivity index (χ0n) is 11.9. The van der Waals surface area contributed by atoms with E-state index in [0.29, 0.717) is 41.2 Å². The highest BCUT2D eigenvalue weighted by atomic mass is 35.5. The van der Waals surface area contributed by atoms with Gasteiger partial charge in [0.2, 0.25) is 0 Å². The Balaban J connectivity index is 2.00. The highest BCUT2D eigenvalue weighted by Crippen LogP contribution is 2.26. The van der Waals surface area contributed by atoms with Gasteiger partial charge < -0.3 is 14.7 Å². The van der Waals surface area contributed by atoms with Crippen LogP contribution in [0.5, 0.6) is 0 Å². The number of hydrogen-bond acceptors (Lipinski definition) is 3. The molecule has 2 rings (SSSR count). The third-order valence-corrected chi connectivity index (χ3v) is 4.20. The molecule has 1 atom stereocenters. The van der Waals surface area contributed by atoms with E-state index >= 15 is 0 Å². The van der Waals surface area contributed by atoms with Gasteiger partial charge in [0.1, 0.15) is 0 Å². The number of aliphatic hydroxyl groups is 1. The van der Waals surface area contributed by atoms with Gasteiger partial charge in [-0.15, -0.1) is 0 Å². The van der Waals surface area contributed by atoms with Crippen molar-refractivity contribution in [3.8, 4) is 0 Å². The first kappa shape index (κ1) is 16.6. The van der Waals surface area contributed by atoms with E-state index in [4.69, 9.17) is 27.9 Å². The van der Waals surface area contributed by atoms with Gasteiger partial charge in [0.05, 0.1) is 0 Å². The molecule has 1 aromatic carbocycles. The predicted molar refractivity (Wildman–Crippen MR) is 82.6 cm³/mol. The van der Waals surface area contributed by atoms with Crippen LogP contribution in [-0.2, 0) is 9.53 Å². The lowest BCUT2D eigenvalue weighted by molar-refractivity contribution is -0.142. The number of carbonyl (C=O) groups is 1. The lowest BCUT2D eigenvalue weighted by atomic mass is 9.97. The van der Waals surface area contributed by atoms with Gasteiger partial charge in [0.25, 0.3) is 5.91 Å². The summed E-state index contributed by atoms with van der Waals surface area (Å²) >= 11 is 11.8. The maximum atomic E-state index is 12.3. The van der Waals surface area contributed by atoms with Crippen molar-refractivity contribution >= 4 is 29.1 Å². The van der Waals surface area contributed by atoms with Gasteiger partial charge in [-0.05, 0) is 42.5 Å². The highest BCUT2D eigenvalue weighted by Gasteiger charge is 2.28. The molecule has 1 aromatic rings. The lowest BCUT2D eigenvalue weighted by Gasteiger charge is -2.33. The number of carbonyl (C=O) groups excluding carboxylic acids is 1. The molecule has 21 heavy (non-hydrogen) atoms. The van der Waals surface area contributed by atoms with E-state index in [0.717, 1.165) is 12.8 Å². The molecule has 4 nitrogen and oxygen atoms in total. The van der Waals surface area contributed by atoms with Crippen LogP contribution in [0.25, 0.3) is 0 Å². The van der Waals surface area contributed by atoms with Crippen LogP contribution in [0, 0.1) is 5.92 Å². The molecule has 1 amide bonds. The number of amides is 1. The van der Waals surface area contributed by atoms with Gasteiger partial charge in [0.15, 0.2) is 6.10 Å². The van der Waals surface area contributed by atoms with Crippen LogP contribution >= 0.6 is 23.2 Å². The Bertz CT molecular complexity index is 481. The van der Waals surface area contributed by atoms with Crippen LogP contribution < -0.4 is 0 Å². The third-order valence-electron chi connectivity index (χ3n) is 3.76. The topological polar surface area (TPSA) is 49.8 Å². The van der Waals surface area contributed by atoms with Crippen molar-refractivity contribution in [3.05, 3.63) is 33.8 Å². The first-order valence-electron chi connectivity index (χ1n) is 6.93. The number of nitrogens with zero attached hydrogens (tertiary/aromatic N) is 1. The molecule has 1 saturated heterocycles. The molecular formula is C15H19Cl2NO3. The zero-order chi connectivity index (χ0) is 15.4. The summed E-state index contributed by atoms with van der Waals surface area (Å²) in [6.45, 7) is 1.99. The van der Waals surface area contributed by atoms with Crippen molar-refractivity contribution in [2.75, 3.05) is 26.8 Å². The zero-order valence-corrected chi connectivity index (χ0v) is 13.4. The van der Waals surface area contributed by atoms with Crippen molar-refractivity contribution in [2.45, 2.75) is 18.9 Å². The van der Waals surface area contributed by atoms with Crippen LogP contribution in [0.4, 0.5) is 0 Å². The van der Waals surface area contributed by atoms with Crippen LogP contribution in [0.1, 0.15) is 24.5 Å². The first-order valence-corrected chi connectivity index (χ1v) is 7.68. The van der Waals surface area contributed by atoms with Crippen LogP contribution in [-0.4, -0.2) is 42.7 Å². The molecule has 1 aliphatic rings. The van der Waals surface area contributed by atoms with E-state index in [2.05, 4.69) is 0 Å². The fourth-order valence-electron chi connectivity index (χ4n) is 2.60. The second-order valence-electron chi connectivity index (χ2n) is 5.33. The van der Waals surface area contributed by atoms with Gasteiger partial charge in [-0.3, -0.25) is 4.79 Å². The minimum atomic E-state index is -1.22. The Morgan fingerprint density at radius 1 is 1.33 bits per heavy atom. The summed E-state index contributed by atoms with van der Waals surface area (Å²) in [6, 6.07) is 4.70.